The zero-order valence-electron chi connectivity index (χ0n) is 14.8. The van der Waals surface area contributed by atoms with Crippen molar-refractivity contribution in [2.24, 2.45) is 0 Å². The van der Waals surface area contributed by atoms with E-state index in [4.69, 9.17) is 0 Å². The minimum Gasteiger partial charge on any atom is -0.360 e. The van der Waals surface area contributed by atoms with Gasteiger partial charge in [-0.15, -0.1) is 0 Å². The number of anilines is 2. The molecule has 0 spiro atoms. The van der Waals surface area contributed by atoms with Gasteiger partial charge in [0.25, 0.3) is 0 Å². The fourth-order valence-corrected chi connectivity index (χ4v) is 3.30. The molecule has 2 aromatic carbocycles. The Bertz CT molecular complexity index is 706. The molecule has 0 fully saturated rings. The Morgan fingerprint density at radius 1 is 1.04 bits per heavy atom. The van der Waals surface area contributed by atoms with E-state index in [0.717, 1.165) is 25.1 Å². The zero-order chi connectivity index (χ0) is 17.1. The fourth-order valence-electron chi connectivity index (χ4n) is 3.30. The van der Waals surface area contributed by atoms with Crippen LogP contribution in [0.1, 0.15) is 44.2 Å². The highest BCUT2D eigenvalue weighted by Gasteiger charge is 2.25. The first-order valence-corrected chi connectivity index (χ1v) is 8.81. The molecule has 3 heteroatoms. The van der Waals surface area contributed by atoms with Gasteiger partial charge >= 0.3 is 0 Å². The number of amides is 1. The highest BCUT2D eigenvalue weighted by Crippen LogP contribution is 2.28. The van der Waals surface area contributed by atoms with Gasteiger partial charge in [-0.1, -0.05) is 44.2 Å². The first-order chi connectivity index (χ1) is 11.6. The van der Waals surface area contributed by atoms with Crippen LogP contribution in [0.4, 0.5) is 11.4 Å². The summed E-state index contributed by atoms with van der Waals surface area (Å²) >= 11 is 0. The topological polar surface area (TPSA) is 32.3 Å². The summed E-state index contributed by atoms with van der Waals surface area (Å²) in [6.45, 7) is 7.25. The van der Waals surface area contributed by atoms with Gasteiger partial charge in [-0.2, -0.15) is 0 Å². The van der Waals surface area contributed by atoms with Crippen molar-refractivity contribution in [2.75, 3.05) is 16.8 Å². The number of hydrogen-bond acceptors (Lipinski definition) is 2. The molecular weight excluding hydrogens is 296 g/mol. The number of rotatable bonds is 4. The van der Waals surface area contributed by atoms with Crippen molar-refractivity contribution in [3.05, 3.63) is 59.7 Å². The largest absolute Gasteiger partial charge is 0.360 e. The summed E-state index contributed by atoms with van der Waals surface area (Å²) in [7, 11) is 0. The van der Waals surface area contributed by atoms with Gasteiger partial charge in [0, 0.05) is 17.9 Å². The molecule has 0 radical (unpaired) electrons. The Balaban J connectivity index is 1.71. The number of fused-ring (bicyclic) bond motifs is 1. The quantitative estimate of drug-likeness (QED) is 0.893. The highest BCUT2D eigenvalue weighted by atomic mass is 16.2. The van der Waals surface area contributed by atoms with Crippen LogP contribution in [0.3, 0.4) is 0 Å². The SMILES string of the molecule is CC(C)c1ccc(NC(=O)C(C)N2CCCc3ccccc32)cc1. The molecule has 3 rings (SSSR count). The van der Waals surface area contributed by atoms with Crippen LogP contribution in [-0.4, -0.2) is 18.5 Å². The highest BCUT2D eigenvalue weighted by molar-refractivity contribution is 5.96. The second-order valence-electron chi connectivity index (χ2n) is 6.87. The van der Waals surface area contributed by atoms with E-state index >= 15 is 0 Å². The number of aryl methyl sites for hydroxylation is 1. The molecule has 1 amide bonds. The number of carbonyl (C=O) groups is 1. The van der Waals surface area contributed by atoms with Crippen LogP contribution in [0.15, 0.2) is 48.5 Å². The van der Waals surface area contributed by atoms with Crippen LogP contribution in [0, 0.1) is 0 Å². The van der Waals surface area contributed by atoms with Crippen molar-refractivity contribution in [3.8, 4) is 0 Å². The van der Waals surface area contributed by atoms with Gasteiger partial charge in [0.05, 0.1) is 0 Å². The average molecular weight is 322 g/mol. The van der Waals surface area contributed by atoms with Crippen molar-refractivity contribution in [2.45, 2.75) is 45.6 Å². The predicted octanol–water partition coefficient (Wildman–Crippen LogP) is 4.59. The summed E-state index contributed by atoms with van der Waals surface area (Å²) in [5.74, 6) is 0.544. The lowest BCUT2D eigenvalue weighted by Gasteiger charge is -2.35. The number of carbonyl (C=O) groups excluding carboxylic acids is 1. The number of para-hydroxylation sites is 1. The molecule has 0 aliphatic carbocycles. The summed E-state index contributed by atoms with van der Waals surface area (Å²) in [6.07, 6.45) is 2.19. The van der Waals surface area contributed by atoms with E-state index in [-0.39, 0.29) is 11.9 Å². The molecule has 0 saturated carbocycles. The van der Waals surface area contributed by atoms with Crippen molar-refractivity contribution in [1.82, 2.24) is 0 Å². The molecule has 0 aromatic heterocycles. The number of hydrogen-bond donors (Lipinski definition) is 1. The summed E-state index contributed by atoms with van der Waals surface area (Å²) in [6, 6.07) is 16.4. The van der Waals surface area contributed by atoms with Crippen molar-refractivity contribution >= 4 is 17.3 Å². The second-order valence-corrected chi connectivity index (χ2v) is 6.87. The van der Waals surface area contributed by atoms with Gasteiger partial charge in [0.15, 0.2) is 0 Å². The molecular formula is C21H26N2O. The van der Waals surface area contributed by atoms with Crippen LogP contribution >= 0.6 is 0 Å². The minimum atomic E-state index is -0.184. The maximum atomic E-state index is 12.7. The van der Waals surface area contributed by atoms with Crippen LogP contribution in [0.2, 0.25) is 0 Å². The maximum Gasteiger partial charge on any atom is 0.246 e. The second kappa shape index (κ2) is 7.08. The number of nitrogens with zero attached hydrogens (tertiary/aromatic N) is 1. The molecule has 0 saturated heterocycles. The van der Waals surface area contributed by atoms with E-state index in [1.807, 2.05) is 25.1 Å². The molecule has 126 valence electrons. The molecule has 3 nitrogen and oxygen atoms in total. The monoisotopic (exact) mass is 322 g/mol. The van der Waals surface area contributed by atoms with Gasteiger partial charge in [-0.05, 0) is 55.0 Å². The third kappa shape index (κ3) is 3.45. The minimum absolute atomic E-state index is 0.0454. The van der Waals surface area contributed by atoms with E-state index in [0.29, 0.717) is 5.92 Å². The molecule has 0 bridgehead atoms. The summed E-state index contributed by atoms with van der Waals surface area (Å²) < 4.78 is 0. The normalized spacial score (nSPS) is 15.1. The lowest BCUT2D eigenvalue weighted by atomic mass is 10.00. The van der Waals surface area contributed by atoms with Crippen molar-refractivity contribution in [3.63, 3.8) is 0 Å². The number of benzene rings is 2. The van der Waals surface area contributed by atoms with E-state index in [1.54, 1.807) is 0 Å². The lowest BCUT2D eigenvalue weighted by Crippen LogP contribution is -2.44. The average Bonchev–Trinajstić information content (AvgIpc) is 2.61. The molecule has 24 heavy (non-hydrogen) atoms. The molecule has 1 unspecified atom stereocenters. The Morgan fingerprint density at radius 2 is 1.75 bits per heavy atom. The predicted molar refractivity (Wildman–Crippen MR) is 101 cm³/mol. The van der Waals surface area contributed by atoms with Crippen LogP contribution in [0.5, 0.6) is 0 Å². The maximum absolute atomic E-state index is 12.7. The van der Waals surface area contributed by atoms with E-state index < -0.39 is 0 Å². The third-order valence-electron chi connectivity index (χ3n) is 4.84. The lowest BCUT2D eigenvalue weighted by molar-refractivity contribution is -0.117. The van der Waals surface area contributed by atoms with Gasteiger partial charge in [0.2, 0.25) is 5.91 Å². The van der Waals surface area contributed by atoms with Gasteiger partial charge in [0.1, 0.15) is 6.04 Å². The smallest absolute Gasteiger partial charge is 0.246 e. The third-order valence-corrected chi connectivity index (χ3v) is 4.84. The first kappa shape index (κ1) is 16.6. The molecule has 1 atom stereocenters. The van der Waals surface area contributed by atoms with Crippen LogP contribution in [0.25, 0.3) is 0 Å². The molecule has 2 aromatic rings. The molecule has 1 heterocycles. The van der Waals surface area contributed by atoms with Gasteiger partial charge in [-0.25, -0.2) is 0 Å². The Labute approximate surface area is 144 Å². The zero-order valence-corrected chi connectivity index (χ0v) is 14.8. The fraction of sp³-hybridized carbons (Fsp3) is 0.381. The van der Waals surface area contributed by atoms with Gasteiger partial charge < -0.3 is 10.2 Å². The molecule has 1 N–H and O–H groups in total. The number of nitrogens with one attached hydrogen (secondary N) is 1. The summed E-state index contributed by atoms with van der Waals surface area (Å²) in [5, 5.41) is 3.06. The van der Waals surface area contributed by atoms with Crippen LogP contribution in [-0.2, 0) is 11.2 Å². The van der Waals surface area contributed by atoms with Gasteiger partial charge in [-0.3, -0.25) is 4.79 Å². The molecule has 1 aliphatic heterocycles. The first-order valence-electron chi connectivity index (χ1n) is 8.81. The van der Waals surface area contributed by atoms with E-state index in [9.17, 15) is 4.79 Å². The van der Waals surface area contributed by atoms with Crippen molar-refractivity contribution < 1.29 is 4.79 Å². The van der Waals surface area contributed by atoms with Crippen LogP contribution < -0.4 is 10.2 Å². The van der Waals surface area contributed by atoms with Crippen molar-refractivity contribution in [1.29, 1.82) is 0 Å². The Hall–Kier alpha value is -2.29. The van der Waals surface area contributed by atoms with E-state index in [2.05, 4.69) is 54.4 Å². The Kier molecular flexibility index (Phi) is 4.89. The summed E-state index contributed by atoms with van der Waals surface area (Å²) in [4.78, 5) is 14.9. The summed E-state index contributed by atoms with van der Waals surface area (Å²) in [5.41, 5.74) is 4.68. The van der Waals surface area contributed by atoms with E-state index in [1.165, 1.54) is 16.8 Å². The molecule has 1 aliphatic rings. The standard InChI is InChI=1S/C21H26N2O/c1-15(2)17-10-12-19(13-11-17)22-21(24)16(3)23-14-6-8-18-7-4-5-9-20(18)23/h4-5,7,9-13,15-16H,6,8,14H2,1-3H3,(H,22,24). The Morgan fingerprint density at radius 3 is 2.46 bits per heavy atom.